The summed E-state index contributed by atoms with van der Waals surface area (Å²) >= 11 is 0. The van der Waals surface area contributed by atoms with Crippen molar-refractivity contribution in [3.63, 3.8) is 0 Å². The molecule has 0 amide bonds. The molecule has 1 aliphatic rings. The Bertz CT molecular complexity index is 1120. The number of esters is 1. The Morgan fingerprint density at radius 3 is 2.59 bits per heavy atom. The van der Waals surface area contributed by atoms with Gasteiger partial charge in [0.05, 0.1) is 25.9 Å². The Morgan fingerprint density at radius 1 is 1.09 bits per heavy atom. The molecule has 2 heterocycles. The van der Waals surface area contributed by atoms with Crippen LogP contribution in [0.15, 0.2) is 73.1 Å². The lowest BCUT2D eigenvalue weighted by Crippen LogP contribution is -2.36. The maximum absolute atomic E-state index is 13.2. The average Bonchev–Trinajstić information content (AvgIpc) is 3.33. The van der Waals surface area contributed by atoms with Gasteiger partial charge in [-0.05, 0) is 54.3 Å². The van der Waals surface area contributed by atoms with E-state index in [2.05, 4.69) is 9.88 Å². The number of aromatic nitrogens is 1. The molecule has 1 aromatic heterocycles. The third kappa shape index (κ3) is 5.87. The number of rotatable bonds is 9. The summed E-state index contributed by atoms with van der Waals surface area (Å²) in [5, 5.41) is 9.96. The lowest BCUT2D eigenvalue weighted by Gasteiger charge is -2.25. The van der Waals surface area contributed by atoms with Gasteiger partial charge in [0, 0.05) is 31.0 Å². The van der Waals surface area contributed by atoms with Crippen molar-refractivity contribution in [1.29, 1.82) is 0 Å². The maximum atomic E-state index is 13.2. The molecular weight excluding hydrogens is 432 g/mol. The maximum Gasteiger partial charge on any atom is 0.341 e. The number of benzene rings is 2. The van der Waals surface area contributed by atoms with Gasteiger partial charge in [0.1, 0.15) is 11.3 Å². The fraction of sp³-hybridized carbons (Fsp3) is 0.296. The van der Waals surface area contributed by atoms with Crippen LogP contribution < -0.4 is 0 Å². The summed E-state index contributed by atoms with van der Waals surface area (Å²) in [7, 11) is 1.23. The summed E-state index contributed by atoms with van der Waals surface area (Å²) in [6.07, 6.45) is 5.39. The predicted octanol–water partition coefficient (Wildman–Crippen LogP) is 4.18. The van der Waals surface area contributed by atoms with Crippen LogP contribution in [0, 0.1) is 0 Å². The van der Waals surface area contributed by atoms with Crippen LogP contribution in [0.2, 0.25) is 0 Å². The van der Waals surface area contributed by atoms with Crippen LogP contribution >= 0.6 is 0 Å². The molecule has 176 valence electrons. The molecule has 2 aromatic carbocycles. The third-order valence-electron chi connectivity index (χ3n) is 5.99. The number of nitrogens with zero attached hydrogens (tertiary/aromatic N) is 2. The molecule has 4 rings (SSSR count). The van der Waals surface area contributed by atoms with E-state index in [4.69, 9.17) is 9.47 Å². The number of pyridine rings is 1. The molecule has 7 nitrogen and oxygen atoms in total. The zero-order valence-electron chi connectivity index (χ0n) is 19.1. The Balaban J connectivity index is 1.48. The van der Waals surface area contributed by atoms with Crippen LogP contribution in [0.4, 0.5) is 0 Å². The molecule has 1 fully saturated rings. The van der Waals surface area contributed by atoms with Crippen molar-refractivity contribution in [2.45, 2.75) is 31.6 Å². The van der Waals surface area contributed by atoms with E-state index in [-0.39, 0.29) is 35.8 Å². The molecule has 0 aliphatic carbocycles. The SMILES string of the molecule is COC(=O)c1cc(C(=O)CN(Cc2ccccc2)CC2CCC(c3ccncc3)O2)ccc1O. The summed E-state index contributed by atoms with van der Waals surface area (Å²) in [6.45, 7) is 1.35. The van der Waals surface area contributed by atoms with Crippen molar-refractivity contribution in [3.05, 3.63) is 95.3 Å². The van der Waals surface area contributed by atoms with E-state index in [0.717, 1.165) is 24.0 Å². The minimum Gasteiger partial charge on any atom is -0.507 e. The Labute approximate surface area is 199 Å². The van der Waals surface area contributed by atoms with E-state index in [1.807, 2.05) is 42.5 Å². The molecular formula is C27H28N2O5. The predicted molar refractivity (Wildman–Crippen MR) is 127 cm³/mol. The van der Waals surface area contributed by atoms with Crippen LogP contribution in [0.1, 0.15) is 50.8 Å². The first-order valence-corrected chi connectivity index (χ1v) is 11.3. The van der Waals surface area contributed by atoms with Crippen molar-refractivity contribution >= 4 is 11.8 Å². The number of hydrogen-bond acceptors (Lipinski definition) is 7. The van der Waals surface area contributed by atoms with E-state index in [0.29, 0.717) is 18.7 Å². The number of aromatic hydroxyl groups is 1. The van der Waals surface area contributed by atoms with Gasteiger partial charge in [0.15, 0.2) is 5.78 Å². The molecule has 0 spiro atoms. The number of Topliss-reactive ketones (excluding diaryl/α,β-unsaturated/α-hetero) is 1. The van der Waals surface area contributed by atoms with Crippen LogP contribution in [-0.2, 0) is 16.0 Å². The van der Waals surface area contributed by atoms with E-state index in [1.165, 1.54) is 25.3 Å². The first-order chi connectivity index (χ1) is 16.5. The average molecular weight is 461 g/mol. The number of phenolic OH excluding ortho intramolecular Hbond substituents is 1. The summed E-state index contributed by atoms with van der Waals surface area (Å²) in [5.74, 6) is -1.05. The van der Waals surface area contributed by atoms with Gasteiger partial charge in [-0.2, -0.15) is 0 Å². The van der Waals surface area contributed by atoms with Crippen LogP contribution in [0.5, 0.6) is 5.75 Å². The molecule has 1 aliphatic heterocycles. The standard InChI is InChI=1S/C27H28N2O5/c1-33-27(32)23-15-21(7-9-24(23)30)25(31)18-29(16-19-5-3-2-4-6-19)17-22-8-10-26(34-22)20-11-13-28-14-12-20/h2-7,9,11-15,22,26,30H,8,10,16-18H2,1H3. The number of carbonyl (C=O) groups excluding carboxylic acids is 2. The van der Waals surface area contributed by atoms with Gasteiger partial charge in [-0.25, -0.2) is 4.79 Å². The lowest BCUT2D eigenvalue weighted by atomic mass is 10.0. The monoisotopic (exact) mass is 460 g/mol. The topological polar surface area (TPSA) is 89.0 Å². The van der Waals surface area contributed by atoms with Gasteiger partial charge < -0.3 is 14.6 Å². The van der Waals surface area contributed by atoms with Crippen LogP contribution in [0.3, 0.4) is 0 Å². The Morgan fingerprint density at radius 2 is 1.85 bits per heavy atom. The second kappa shape index (κ2) is 11.0. The normalized spacial score (nSPS) is 17.6. The van der Waals surface area contributed by atoms with E-state index in [9.17, 15) is 14.7 Å². The fourth-order valence-corrected chi connectivity index (χ4v) is 4.26. The molecule has 0 radical (unpaired) electrons. The Hall–Kier alpha value is -3.55. The minimum absolute atomic E-state index is 0.000116. The van der Waals surface area contributed by atoms with Crippen LogP contribution in [-0.4, -0.2) is 53.0 Å². The molecule has 0 saturated carbocycles. The van der Waals surface area contributed by atoms with Crippen molar-refractivity contribution < 1.29 is 24.2 Å². The highest BCUT2D eigenvalue weighted by Crippen LogP contribution is 2.33. The zero-order valence-corrected chi connectivity index (χ0v) is 19.1. The summed E-state index contributed by atoms with van der Waals surface area (Å²) < 4.78 is 11.0. The highest BCUT2D eigenvalue weighted by molar-refractivity contribution is 6.01. The highest BCUT2D eigenvalue weighted by atomic mass is 16.5. The first-order valence-electron chi connectivity index (χ1n) is 11.3. The number of hydrogen-bond donors (Lipinski definition) is 1. The van der Waals surface area contributed by atoms with Gasteiger partial charge in [-0.15, -0.1) is 0 Å². The first kappa shape index (κ1) is 23.6. The van der Waals surface area contributed by atoms with Gasteiger partial charge in [-0.1, -0.05) is 30.3 Å². The lowest BCUT2D eigenvalue weighted by molar-refractivity contribution is 0.0209. The summed E-state index contributed by atoms with van der Waals surface area (Å²) in [5.41, 5.74) is 2.53. The van der Waals surface area contributed by atoms with E-state index in [1.54, 1.807) is 12.4 Å². The molecule has 34 heavy (non-hydrogen) atoms. The second-order valence-corrected chi connectivity index (χ2v) is 8.41. The highest BCUT2D eigenvalue weighted by Gasteiger charge is 2.29. The molecule has 2 atom stereocenters. The fourth-order valence-electron chi connectivity index (χ4n) is 4.26. The van der Waals surface area contributed by atoms with E-state index < -0.39 is 5.97 Å². The smallest absolute Gasteiger partial charge is 0.341 e. The number of phenols is 1. The number of carbonyl (C=O) groups is 2. The largest absolute Gasteiger partial charge is 0.507 e. The van der Waals surface area contributed by atoms with Crippen molar-refractivity contribution in [2.24, 2.45) is 0 Å². The number of methoxy groups -OCH3 is 1. The minimum atomic E-state index is -0.685. The van der Waals surface area contributed by atoms with Gasteiger partial charge in [0.25, 0.3) is 0 Å². The summed E-state index contributed by atoms with van der Waals surface area (Å²) in [4.78, 5) is 31.2. The van der Waals surface area contributed by atoms with Crippen molar-refractivity contribution in [3.8, 4) is 5.75 Å². The molecule has 1 saturated heterocycles. The second-order valence-electron chi connectivity index (χ2n) is 8.41. The number of ketones is 1. The molecule has 7 heteroatoms. The molecule has 1 N–H and O–H groups in total. The van der Waals surface area contributed by atoms with Crippen molar-refractivity contribution in [2.75, 3.05) is 20.2 Å². The van der Waals surface area contributed by atoms with E-state index >= 15 is 0 Å². The number of ether oxygens (including phenoxy) is 2. The summed E-state index contributed by atoms with van der Waals surface area (Å²) in [6, 6.07) is 18.2. The van der Waals surface area contributed by atoms with Crippen molar-refractivity contribution in [1.82, 2.24) is 9.88 Å². The zero-order chi connectivity index (χ0) is 23.9. The molecule has 3 aromatic rings. The van der Waals surface area contributed by atoms with Gasteiger partial charge in [-0.3, -0.25) is 14.7 Å². The van der Waals surface area contributed by atoms with Gasteiger partial charge >= 0.3 is 5.97 Å². The third-order valence-corrected chi connectivity index (χ3v) is 5.99. The van der Waals surface area contributed by atoms with Crippen LogP contribution in [0.25, 0.3) is 0 Å². The van der Waals surface area contributed by atoms with Gasteiger partial charge in [0.2, 0.25) is 0 Å². The quantitative estimate of drug-likeness (QED) is 0.379. The Kier molecular flexibility index (Phi) is 7.67. The molecule has 0 bridgehead atoms. The molecule has 2 unspecified atom stereocenters.